The number of anilines is 1. The molecule has 0 saturated heterocycles. The van der Waals surface area contributed by atoms with E-state index in [1.165, 1.54) is 11.3 Å². The Labute approximate surface area is 126 Å². The van der Waals surface area contributed by atoms with E-state index in [0.717, 1.165) is 5.56 Å². The zero-order valence-corrected chi connectivity index (χ0v) is 12.7. The zero-order valence-electron chi connectivity index (χ0n) is 11.9. The number of aromatic nitrogens is 2. The van der Waals surface area contributed by atoms with Gasteiger partial charge in [0, 0.05) is 0 Å². The van der Waals surface area contributed by atoms with Crippen molar-refractivity contribution in [2.45, 2.75) is 13.8 Å². The van der Waals surface area contributed by atoms with Crippen LogP contribution in [0.3, 0.4) is 0 Å². The van der Waals surface area contributed by atoms with Crippen LogP contribution >= 0.6 is 11.3 Å². The molecule has 0 fully saturated rings. The molecule has 0 saturated carbocycles. The van der Waals surface area contributed by atoms with Crippen LogP contribution in [-0.2, 0) is 4.74 Å². The van der Waals surface area contributed by atoms with Crippen molar-refractivity contribution in [3.8, 4) is 11.5 Å². The minimum atomic E-state index is 0.0817. The minimum Gasteiger partial charge on any atom is -0.504 e. The molecule has 0 spiro atoms. The van der Waals surface area contributed by atoms with Gasteiger partial charge in [-0.25, -0.2) is 0 Å². The summed E-state index contributed by atoms with van der Waals surface area (Å²) in [6, 6.07) is 5.14. The number of hydrogen-bond donors (Lipinski definition) is 2. The van der Waals surface area contributed by atoms with Crippen molar-refractivity contribution in [3.63, 3.8) is 0 Å². The Morgan fingerprint density at radius 2 is 2.14 bits per heavy atom. The number of phenols is 1. The predicted molar refractivity (Wildman–Crippen MR) is 83.1 cm³/mol. The first kappa shape index (κ1) is 15.1. The first-order valence-corrected chi connectivity index (χ1v) is 7.35. The number of nitrogens with zero attached hydrogens (tertiary/aromatic N) is 2. The lowest BCUT2D eigenvalue weighted by Gasteiger charge is -2.08. The molecule has 1 aromatic carbocycles. The van der Waals surface area contributed by atoms with Crippen molar-refractivity contribution in [1.29, 1.82) is 0 Å². The molecule has 0 atom stereocenters. The standard InChI is InChI=1S/C14H17N3O3S/c1-3-19-11-6-5-9(7-10(11)18)8-12(20-4-2)13-16-17-14(15)21-13/h5-8,18H,3-4H2,1-2H3,(H2,15,17)/b12-8-. The van der Waals surface area contributed by atoms with E-state index in [4.69, 9.17) is 15.2 Å². The van der Waals surface area contributed by atoms with Gasteiger partial charge in [-0.05, 0) is 37.6 Å². The summed E-state index contributed by atoms with van der Waals surface area (Å²) in [5, 5.41) is 18.6. The van der Waals surface area contributed by atoms with Crippen LogP contribution in [-0.4, -0.2) is 28.5 Å². The van der Waals surface area contributed by atoms with E-state index in [1.807, 2.05) is 19.9 Å². The van der Waals surface area contributed by atoms with E-state index in [2.05, 4.69) is 10.2 Å². The number of phenolic OH excluding ortho intramolecular Hbond substituents is 1. The first-order chi connectivity index (χ1) is 10.1. The topological polar surface area (TPSA) is 90.5 Å². The van der Waals surface area contributed by atoms with E-state index in [-0.39, 0.29) is 5.75 Å². The van der Waals surface area contributed by atoms with Crippen LogP contribution in [0.2, 0.25) is 0 Å². The molecule has 21 heavy (non-hydrogen) atoms. The Balaban J connectivity index is 2.31. The highest BCUT2D eigenvalue weighted by Gasteiger charge is 2.10. The van der Waals surface area contributed by atoms with E-state index in [0.29, 0.717) is 34.9 Å². The lowest BCUT2D eigenvalue weighted by Crippen LogP contribution is -1.93. The Kier molecular flexibility index (Phi) is 4.99. The van der Waals surface area contributed by atoms with Crippen LogP contribution in [0.4, 0.5) is 5.13 Å². The Morgan fingerprint density at radius 1 is 1.33 bits per heavy atom. The molecule has 3 N–H and O–H groups in total. The molecule has 2 aromatic rings. The van der Waals surface area contributed by atoms with Gasteiger partial charge in [0.05, 0.1) is 13.2 Å². The number of rotatable bonds is 6. The first-order valence-electron chi connectivity index (χ1n) is 6.53. The van der Waals surface area contributed by atoms with E-state index >= 15 is 0 Å². The van der Waals surface area contributed by atoms with Crippen molar-refractivity contribution in [2.24, 2.45) is 0 Å². The molecular formula is C14H17N3O3S. The van der Waals surface area contributed by atoms with Gasteiger partial charge in [0.15, 0.2) is 22.3 Å². The Morgan fingerprint density at radius 3 is 2.71 bits per heavy atom. The number of nitrogens with two attached hydrogens (primary N) is 1. The Hall–Kier alpha value is -2.28. The molecule has 2 rings (SSSR count). The molecule has 0 amide bonds. The molecule has 1 aromatic heterocycles. The van der Waals surface area contributed by atoms with Crippen LogP contribution < -0.4 is 10.5 Å². The highest BCUT2D eigenvalue weighted by molar-refractivity contribution is 7.16. The third kappa shape index (κ3) is 3.85. The van der Waals surface area contributed by atoms with Crippen molar-refractivity contribution in [2.75, 3.05) is 18.9 Å². The summed E-state index contributed by atoms with van der Waals surface area (Å²) in [6.07, 6.45) is 1.78. The molecule has 6 nitrogen and oxygen atoms in total. The van der Waals surface area contributed by atoms with Gasteiger partial charge in [-0.15, -0.1) is 10.2 Å². The molecule has 0 aliphatic carbocycles. The van der Waals surface area contributed by atoms with Crippen molar-refractivity contribution in [1.82, 2.24) is 10.2 Å². The summed E-state index contributed by atoms with van der Waals surface area (Å²) in [6.45, 7) is 4.74. The highest BCUT2D eigenvalue weighted by Crippen LogP contribution is 2.30. The van der Waals surface area contributed by atoms with Crippen molar-refractivity contribution in [3.05, 3.63) is 28.8 Å². The second kappa shape index (κ2) is 6.94. The number of ether oxygens (including phenoxy) is 2. The average Bonchev–Trinajstić information content (AvgIpc) is 2.88. The average molecular weight is 307 g/mol. The maximum atomic E-state index is 9.90. The SMILES string of the molecule is CCO/C(=C\c1ccc(OCC)c(O)c1)c1nnc(N)s1. The fourth-order valence-electron chi connectivity index (χ4n) is 1.71. The minimum absolute atomic E-state index is 0.0817. The zero-order chi connectivity index (χ0) is 15.2. The number of hydrogen-bond acceptors (Lipinski definition) is 7. The maximum absolute atomic E-state index is 9.90. The van der Waals surface area contributed by atoms with E-state index in [1.54, 1.807) is 18.2 Å². The summed E-state index contributed by atoms with van der Waals surface area (Å²) >= 11 is 1.25. The lowest BCUT2D eigenvalue weighted by molar-refractivity contribution is 0.299. The number of aromatic hydroxyl groups is 1. The summed E-state index contributed by atoms with van der Waals surface area (Å²) < 4.78 is 10.9. The van der Waals surface area contributed by atoms with Gasteiger partial charge in [0.1, 0.15) is 0 Å². The van der Waals surface area contributed by atoms with Crippen LogP contribution in [0.25, 0.3) is 11.8 Å². The summed E-state index contributed by atoms with van der Waals surface area (Å²) in [7, 11) is 0. The molecule has 0 aliphatic rings. The molecule has 1 heterocycles. The molecule has 112 valence electrons. The van der Waals surface area contributed by atoms with Gasteiger partial charge < -0.3 is 20.3 Å². The fraction of sp³-hybridized carbons (Fsp3) is 0.286. The van der Waals surface area contributed by atoms with Gasteiger partial charge in [-0.2, -0.15) is 0 Å². The Bertz CT molecular complexity index is 640. The molecule has 0 aliphatic heterocycles. The van der Waals surface area contributed by atoms with E-state index < -0.39 is 0 Å². The van der Waals surface area contributed by atoms with Gasteiger partial charge in [-0.1, -0.05) is 17.4 Å². The van der Waals surface area contributed by atoms with Crippen LogP contribution in [0.15, 0.2) is 18.2 Å². The van der Waals surface area contributed by atoms with Gasteiger partial charge in [0.25, 0.3) is 0 Å². The smallest absolute Gasteiger partial charge is 0.203 e. The van der Waals surface area contributed by atoms with Gasteiger partial charge >= 0.3 is 0 Å². The van der Waals surface area contributed by atoms with Crippen LogP contribution in [0.5, 0.6) is 11.5 Å². The maximum Gasteiger partial charge on any atom is 0.203 e. The number of nitrogen functional groups attached to an aromatic ring is 1. The lowest BCUT2D eigenvalue weighted by atomic mass is 10.2. The summed E-state index contributed by atoms with van der Waals surface area (Å²) in [5.41, 5.74) is 6.36. The van der Waals surface area contributed by atoms with Crippen molar-refractivity contribution >= 4 is 28.3 Å². The van der Waals surface area contributed by atoms with Crippen LogP contribution in [0, 0.1) is 0 Å². The quantitative estimate of drug-likeness (QED) is 0.797. The van der Waals surface area contributed by atoms with E-state index in [9.17, 15) is 5.11 Å². The molecule has 0 bridgehead atoms. The van der Waals surface area contributed by atoms with Crippen LogP contribution in [0.1, 0.15) is 24.4 Å². The highest BCUT2D eigenvalue weighted by atomic mass is 32.1. The van der Waals surface area contributed by atoms with Gasteiger partial charge in [0.2, 0.25) is 5.13 Å². The molecule has 0 unspecified atom stereocenters. The largest absolute Gasteiger partial charge is 0.504 e. The monoisotopic (exact) mass is 307 g/mol. The van der Waals surface area contributed by atoms with Crippen molar-refractivity contribution < 1.29 is 14.6 Å². The van der Waals surface area contributed by atoms with Gasteiger partial charge in [-0.3, -0.25) is 0 Å². The predicted octanol–water partition coefficient (Wildman–Crippen LogP) is 2.76. The number of benzene rings is 1. The fourth-order valence-corrected chi connectivity index (χ4v) is 2.29. The molecule has 0 radical (unpaired) electrons. The third-order valence-electron chi connectivity index (χ3n) is 2.53. The molecular weight excluding hydrogens is 290 g/mol. The third-order valence-corrected chi connectivity index (χ3v) is 3.30. The summed E-state index contributed by atoms with van der Waals surface area (Å²) in [5.74, 6) is 1.10. The normalized spacial score (nSPS) is 11.4. The second-order valence-electron chi connectivity index (χ2n) is 4.05. The summed E-state index contributed by atoms with van der Waals surface area (Å²) in [4.78, 5) is 0. The second-order valence-corrected chi connectivity index (χ2v) is 5.06. The molecule has 7 heteroatoms.